The van der Waals surface area contributed by atoms with Crippen LogP contribution in [0.2, 0.25) is 5.02 Å². The molecule has 3 aromatic carbocycles. The van der Waals surface area contributed by atoms with E-state index in [-0.39, 0.29) is 5.70 Å². The molecule has 0 aliphatic carbocycles. The number of carbonyl (C=O) groups is 2. The van der Waals surface area contributed by atoms with Gasteiger partial charge in [0, 0.05) is 5.02 Å². The molecule has 1 fully saturated rings. The first-order valence-corrected chi connectivity index (χ1v) is 10.5. The van der Waals surface area contributed by atoms with Crippen molar-refractivity contribution in [2.45, 2.75) is 13.5 Å². The van der Waals surface area contributed by atoms with Crippen LogP contribution in [0.25, 0.3) is 6.08 Å². The Hall–Kier alpha value is -3.77. The van der Waals surface area contributed by atoms with Gasteiger partial charge in [-0.3, -0.25) is 4.79 Å². The van der Waals surface area contributed by atoms with E-state index in [1.165, 1.54) is 0 Å². The Bertz CT molecular complexity index is 1160. The molecule has 1 aliphatic heterocycles. The molecule has 4 rings (SSSR count). The van der Waals surface area contributed by atoms with Crippen molar-refractivity contribution < 1.29 is 19.1 Å². The lowest BCUT2D eigenvalue weighted by Crippen LogP contribution is -2.30. The molecule has 162 valence electrons. The predicted octanol–water partition coefficient (Wildman–Crippen LogP) is 5.42. The second-order valence-corrected chi connectivity index (χ2v) is 7.46. The minimum Gasteiger partial charge on any atom is -0.490 e. The lowest BCUT2D eigenvalue weighted by molar-refractivity contribution is -0.113. The van der Waals surface area contributed by atoms with Crippen LogP contribution in [0, 0.1) is 0 Å². The Morgan fingerprint density at radius 2 is 1.69 bits per heavy atom. The number of ether oxygens (including phenoxy) is 2. The molecule has 3 amide bonds. The molecule has 0 bridgehead atoms. The van der Waals surface area contributed by atoms with Crippen LogP contribution in [0.3, 0.4) is 0 Å². The molecule has 6 nitrogen and oxygen atoms in total. The lowest BCUT2D eigenvalue weighted by Gasteiger charge is -2.13. The van der Waals surface area contributed by atoms with E-state index in [0.29, 0.717) is 41.0 Å². The molecule has 3 aromatic rings. The van der Waals surface area contributed by atoms with E-state index in [2.05, 4.69) is 5.32 Å². The molecule has 7 heteroatoms. The summed E-state index contributed by atoms with van der Waals surface area (Å²) < 4.78 is 11.7. The fourth-order valence-corrected chi connectivity index (χ4v) is 3.39. The van der Waals surface area contributed by atoms with Crippen molar-refractivity contribution in [3.8, 4) is 11.5 Å². The van der Waals surface area contributed by atoms with Crippen molar-refractivity contribution in [2.75, 3.05) is 11.5 Å². The molecular formula is C25H21ClN2O4. The van der Waals surface area contributed by atoms with E-state index in [4.69, 9.17) is 21.1 Å². The van der Waals surface area contributed by atoms with Crippen molar-refractivity contribution in [3.05, 3.63) is 94.6 Å². The molecule has 0 radical (unpaired) electrons. The molecule has 0 spiro atoms. The van der Waals surface area contributed by atoms with Crippen LogP contribution in [-0.4, -0.2) is 18.5 Å². The molecule has 1 saturated heterocycles. The van der Waals surface area contributed by atoms with Gasteiger partial charge in [-0.25, -0.2) is 9.69 Å². The molecular weight excluding hydrogens is 428 g/mol. The van der Waals surface area contributed by atoms with Gasteiger partial charge in [0.05, 0.1) is 12.3 Å². The highest BCUT2D eigenvalue weighted by Gasteiger charge is 2.34. The number of nitrogens with one attached hydrogen (secondary N) is 1. The third kappa shape index (κ3) is 4.76. The number of hydrogen-bond donors (Lipinski definition) is 1. The number of hydrogen-bond acceptors (Lipinski definition) is 4. The summed E-state index contributed by atoms with van der Waals surface area (Å²) in [5.41, 5.74) is 2.36. The number of urea groups is 1. The van der Waals surface area contributed by atoms with Gasteiger partial charge in [-0.1, -0.05) is 48.0 Å². The molecule has 0 saturated carbocycles. The quantitative estimate of drug-likeness (QED) is 0.387. The van der Waals surface area contributed by atoms with Gasteiger partial charge in [0.1, 0.15) is 12.3 Å². The first-order valence-electron chi connectivity index (χ1n) is 10.1. The number of rotatable bonds is 7. The largest absolute Gasteiger partial charge is 0.490 e. The maximum absolute atomic E-state index is 12.8. The van der Waals surface area contributed by atoms with Crippen LogP contribution in [0.15, 0.2) is 78.5 Å². The summed E-state index contributed by atoms with van der Waals surface area (Å²) in [4.78, 5) is 26.3. The molecule has 1 heterocycles. The van der Waals surface area contributed by atoms with Crippen LogP contribution < -0.4 is 19.7 Å². The zero-order valence-electron chi connectivity index (χ0n) is 17.4. The first-order chi connectivity index (χ1) is 15.5. The highest BCUT2D eigenvalue weighted by atomic mass is 35.5. The summed E-state index contributed by atoms with van der Waals surface area (Å²) in [7, 11) is 0. The fraction of sp³-hybridized carbons (Fsp3) is 0.120. The van der Waals surface area contributed by atoms with Gasteiger partial charge in [0.15, 0.2) is 11.5 Å². The SMILES string of the molecule is CCOc1cc(/C=C2/NC(=O)N(c3ccc(Cl)cc3)C2=O)ccc1OCc1ccccc1. The molecule has 0 aromatic heterocycles. The van der Waals surface area contributed by atoms with E-state index >= 15 is 0 Å². The normalized spacial score (nSPS) is 14.6. The van der Waals surface area contributed by atoms with Crippen LogP contribution in [-0.2, 0) is 11.4 Å². The summed E-state index contributed by atoms with van der Waals surface area (Å²) in [6.45, 7) is 2.75. The van der Waals surface area contributed by atoms with Gasteiger partial charge in [0.2, 0.25) is 0 Å². The second kappa shape index (κ2) is 9.58. The summed E-state index contributed by atoms with van der Waals surface area (Å²) in [5, 5.41) is 3.14. The maximum atomic E-state index is 12.8. The topological polar surface area (TPSA) is 67.9 Å². The average Bonchev–Trinajstić information content (AvgIpc) is 3.07. The fourth-order valence-electron chi connectivity index (χ4n) is 3.26. The van der Waals surface area contributed by atoms with Gasteiger partial charge in [-0.15, -0.1) is 0 Å². The molecule has 32 heavy (non-hydrogen) atoms. The first kappa shape index (κ1) is 21.5. The lowest BCUT2D eigenvalue weighted by atomic mass is 10.1. The number of carbonyl (C=O) groups excluding carboxylic acids is 2. The summed E-state index contributed by atoms with van der Waals surface area (Å²) >= 11 is 5.90. The van der Waals surface area contributed by atoms with Crippen molar-refractivity contribution in [3.63, 3.8) is 0 Å². The Kier molecular flexibility index (Phi) is 6.42. The third-order valence-corrected chi connectivity index (χ3v) is 5.03. The number of anilines is 1. The number of amides is 3. The third-order valence-electron chi connectivity index (χ3n) is 4.78. The van der Waals surface area contributed by atoms with Gasteiger partial charge < -0.3 is 14.8 Å². The Morgan fingerprint density at radius 3 is 2.41 bits per heavy atom. The molecule has 1 aliphatic rings. The standard InChI is InChI=1S/C25H21ClN2O4/c1-2-31-23-15-18(8-13-22(23)32-16-17-6-4-3-5-7-17)14-21-24(29)28(25(30)27-21)20-11-9-19(26)10-12-20/h3-15H,2,16H2,1H3,(H,27,30)/b21-14+. The van der Waals surface area contributed by atoms with Crippen molar-refractivity contribution in [2.24, 2.45) is 0 Å². The van der Waals surface area contributed by atoms with Crippen molar-refractivity contribution in [1.82, 2.24) is 5.32 Å². The molecule has 0 atom stereocenters. The minimum absolute atomic E-state index is 0.172. The number of benzene rings is 3. The predicted molar refractivity (Wildman–Crippen MR) is 124 cm³/mol. The monoisotopic (exact) mass is 448 g/mol. The molecule has 1 N–H and O–H groups in total. The highest BCUT2D eigenvalue weighted by Crippen LogP contribution is 2.31. The average molecular weight is 449 g/mol. The van der Waals surface area contributed by atoms with Crippen molar-refractivity contribution in [1.29, 1.82) is 0 Å². The van der Waals surface area contributed by atoms with Crippen LogP contribution in [0.1, 0.15) is 18.1 Å². The summed E-state index contributed by atoms with van der Waals surface area (Å²) in [6.07, 6.45) is 1.61. The van der Waals surface area contributed by atoms with E-state index < -0.39 is 11.9 Å². The number of halogens is 1. The van der Waals surface area contributed by atoms with E-state index in [9.17, 15) is 9.59 Å². The number of imide groups is 1. The molecule has 0 unspecified atom stereocenters. The second-order valence-electron chi connectivity index (χ2n) is 7.02. The van der Waals surface area contributed by atoms with Crippen LogP contribution in [0.5, 0.6) is 11.5 Å². The van der Waals surface area contributed by atoms with Crippen LogP contribution in [0.4, 0.5) is 10.5 Å². The zero-order chi connectivity index (χ0) is 22.5. The van der Waals surface area contributed by atoms with Gasteiger partial charge in [-0.05, 0) is 60.5 Å². The van der Waals surface area contributed by atoms with E-state index in [1.807, 2.05) is 37.3 Å². The Balaban J connectivity index is 1.55. The zero-order valence-corrected chi connectivity index (χ0v) is 18.1. The number of nitrogens with zero attached hydrogens (tertiary/aromatic N) is 1. The van der Waals surface area contributed by atoms with Gasteiger partial charge in [-0.2, -0.15) is 0 Å². The minimum atomic E-state index is -0.517. The Morgan fingerprint density at radius 1 is 0.938 bits per heavy atom. The van der Waals surface area contributed by atoms with Gasteiger partial charge in [0.25, 0.3) is 5.91 Å². The van der Waals surface area contributed by atoms with Crippen molar-refractivity contribution >= 4 is 35.3 Å². The van der Waals surface area contributed by atoms with E-state index in [0.717, 1.165) is 10.5 Å². The Labute approximate surface area is 191 Å². The van der Waals surface area contributed by atoms with Gasteiger partial charge >= 0.3 is 6.03 Å². The maximum Gasteiger partial charge on any atom is 0.333 e. The summed E-state index contributed by atoms with van der Waals surface area (Å²) in [5.74, 6) is 0.714. The summed E-state index contributed by atoms with van der Waals surface area (Å²) in [6, 6.07) is 21.2. The van der Waals surface area contributed by atoms with Crippen LogP contribution >= 0.6 is 11.6 Å². The smallest absolute Gasteiger partial charge is 0.333 e. The highest BCUT2D eigenvalue weighted by molar-refractivity contribution is 6.31. The van der Waals surface area contributed by atoms with E-state index in [1.54, 1.807) is 48.5 Å².